The molecule has 51 heavy (non-hydrogen) atoms. The summed E-state index contributed by atoms with van der Waals surface area (Å²) in [6.07, 6.45) is 6.90. The van der Waals surface area contributed by atoms with Crippen LogP contribution in [-0.2, 0) is 11.8 Å². The first kappa shape index (κ1) is 28.8. The van der Waals surface area contributed by atoms with Gasteiger partial charge in [0, 0.05) is 5.41 Å². The quantitative estimate of drug-likeness (QED) is 0.179. The largest absolute Gasteiger partial charge is 0.0836 e. The lowest BCUT2D eigenvalue weighted by Gasteiger charge is -2.23. The van der Waals surface area contributed by atoms with Gasteiger partial charge in [0.05, 0.1) is 0 Å². The van der Waals surface area contributed by atoms with Crippen LogP contribution in [0.2, 0.25) is 0 Å². The van der Waals surface area contributed by atoms with Crippen molar-refractivity contribution in [3.63, 3.8) is 0 Å². The molecule has 0 aromatic heterocycles. The average molecular weight is 649 g/mol. The highest BCUT2D eigenvalue weighted by atomic mass is 14.4. The lowest BCUT2D eigenvalue weighted by Crippen LogP contribution is -2.15. The monoisotopic (exact) mass is 648 g/mol. The summed E-state index contributed by atoms with van der Waals surface area (Å²) in [5, 5.41) is 5.23. The van der Waals surface area contributed by atoms with E-state index < -0.39 is 0 Å². The van der Waals surface area contributed by atoms with E-state index in [4.69, 9.17) is 0 Å². The minimum Gasteiger partial charge on any atom is -0.0836 e. The SMILES string of the molecule is CC1(C)c2cc(-c3ccc4ccc(-c5ccc6c7c(cccc57)-c5ccccc5-6)cc4c3)ccc2-c2ccc(-c3cccc4c3C=CCC4)cc21. The summed E-state index contributed by atoms with van der Waals surface area (Å²) in [6, 6.07) is 55.3. The van der Waals surface area contributed by atoms with Crippen LogP contribution in [0, 0.1) is 0 Å². The number of hydrogen-bond acceptors (Lipinski definition) is 0. The molecule has 0 radical (unpaired) electrons. The zero-order valence-electron chi connectivity index (χ0n) is 28.9. The molecule has 0 heteroatoms. The lowest BCUT2D eigenvalue weighted by atomic mass is 9.80. The highest BCUT2D eigenvalue weighted by Crippen LogP contribution is 2.52. The molecule has 0 spiro atoms. The molecule has 3 aliphatic rings. The van der Waals surface area contributed by atoms with Gasteiger partial charge in [0.25, 0.3) is 0 Å². The predicted molar refractivity (Wildman–Crippen MR) is 217 cm³/mol. The van der Waals surface area contributed by atoms with Gasteiger partial charge in [-0.1, -0.05) is 147 Å². The van der Waals surface area contributed by atoms with Crippen molar-refractivity contribution >= 4 is 27.6 Å². The zero-order valence-corrected chi connectivity index (χ0v) is 28.9. The molecule has 3 aliphatic carbocycles. The van der Waals surface area contributed by atoms with Crippen molar-refractivity contribution in [3.8, 4) is 66.8 Å². The van der Waals surface area contributed by atoms with Crippen molar-refractivity contribution in [1.82, 2.24) is 0 Å². The second-order valence-corrected chi connectivity index (χ2v) is 15.2. The van der Waals surface area contributed by atoms with Gasteiger partial charge < -0.3 is 0 Å². The van der Waals surface area contributed by atoms with E-state index in [1.54, 1.807) is 0 Å². The fraction of sp³-hybridized carbons (Fsp3) is 0.0980. The van der Waals surface area contributed by atoms with Crippen molar-refractivity contribution in [2.24, 2.45) is 0 Å². The number of aryl methyl sites for hydroxylation is 1. The van der Waals surface area contributed by atoms with Crippen LogP contribution < -0.4 is 0 Å². The van der Waals surface area contributed by atoms with Crippen molar-refractivity contribution in [1.29, 1.82) is 0 Å². The summed E-state index contributed by atoms with van der Waals surface area (Å²) in [7, 11) is 0. The Morgan fingerprint density at radius 1 is 0.431 bits per heavy atom. The van der Waals surface area contributed by atoms with E-state index >= 15 is 0 Å². The van der Waals surface area contributed by atoms with Crippen LogP contribution in [0.15, 0.2) is 152 Å². The molecule has 0 bridgehead atoms. The number of rotatable bonds is 3. The molecule has 0 amide bonds. The van der Waals surface area contributed by atoms with Crippen LogP contribution in [0.25, 0.3) is 94.4 Å². The standard InChI is InChI=1S/C51H36/c1-51(2)48-29-34(21-23-43(48)44-24-22-36(30-49(44)51)39-14-7-10-32-9-3-4-11-38(32)39)33-19-17-31-18-20-35(28-37(31)27-33)40-25-26-47-42-13-6-5-12-41(42)46-16-8-15-45(40)50(46)47/h4-8,10-30H,3,9H2,1-2H3. The van der Waals surface area contributed by atoms with Gasteiger partial charge in [0.15, 0.2) is 0 Å². The smallest absolute Gasteiger partial charge is 0.0159 e. The highest BCUT2D eigenvalue weighted by molar-refractivity contribution is 6.18. The second kappa shape index (κ2) is 10.5. The average Bonchev–Trinajstić information content (AvgIpc) is 3.63. The molecule has 11 rings (SSSR count). The van der Waals surface area contributed by atoms with Crippen LogP contribution >= 0.6 is 0 Å². The predicted octanol–water partition coefficient (Wildman–Crippen LogP) is 13.9. The molecule has 240 valence electrons. The number of hydrogen-bond donors (Lipinski definition) is 0. The maximum Gasteiger partial charge on any atom is 0.0159 e. The third kappa shape index (κ3) is 4.14. The van der Waals surface area contributed by atoms with Crippen LogP contribution in [-0.4, -0.2) is 0 Å². The Labute approximate surface area is 299 Å². The fourth-order valence-electron chi connectivity index (χ4n) is 9.46. The minimum absolute atomic E-state index is 0.0964. The zero-order chi connectivity index (χ0) is 33.8. The molecule has 0 saturated carbocycles. The third-order valence-corrected chi connectivity index (χ3v) is 12.1. The lowest BCUT2D eigenvalue weighted by molar-refractivity contribution is 0.661. The van der Waals surface area contributed by atoms with Crippen LogP contribution in [0.1, 0.15) is 42.5 Å². The minimum atomic E-state index is -0.0964. The summed E-state index contributed by atoms with van der Waals surface area (Å²) in [5.74, 6) is 0. The molecule has 8 aromatic rings. The Morgan fingerprint density at radius 3 is 1.82 bits per heavy atom. The van der Waals surface area contributed by atoms with Crippen molar-refractivity contribution < 1.29 is 0 Å². The number of benzene rings is 8. The molecule has 0 nitrogen and oxygen atoms in total. The van der Waals surface area contributed by atoms with Crippen molar-refractivity contribution in [2.75, 3.05) is 0 Å². The summed E-state index contributed by atoms with van der Waals surface area (Å²) in [5.41, 5.74) is 21.4. The Balaban J connectivity index is 0.977. The molecule has 0 saturated heterocycles. The summed E-state index contributed by atoms with van der Waals surface area (Å²) < 4.78 is 0. The van der Waals surface area contributed by atoms with Gasteiger partial charge in [-0.3, -0.25) is 0 Å². The first-order valence-corrected chi connectivity index (χ1v) is 18.3. The van der Waals surface area contributed by atoms with Gasteiger partial charge in [-0.05, 0) is 148 Å². The Kier molecular flexibility index (Phi) is 5.94. The molecule has 0 N–H and O–H groups in total. The third-order valence-electron chi connectivity index (χ3n) is 12.1. The van der Waals surface area contributed by atoms with E-state index in [1.165, 1.54) is 111 Å². The molecule has 0 unspecified atom stereocenters. The Bertz CT molecular complexity index is 2790. The molecular formula is C51H36. The van der Waals surface area contributed by atoms with E-state index in [0.29, 0.717) is 0 Å². The van der Waals surface area contributed by atoms with E-state index in [0.717, 1.165) is 12.8 Å². The summed E-state index contributed by atoms with van der Waals surface area (Å²) in [6.45, 7) is 4.80. The Morgan fingerprint density at radius 2 is 1.00 bits per heavy atom. The van der Waals surface area contributed by atoms with Gasteiger partial charge in [-0.15, -0.1) is 0 Å². The Hall–Kier alpha value is -5.98. The van der Waals surface area contributed by atoms with Gasteiger partial charge in [0.1, 0.15) is 0 Å². The number of allylic oxidation sites excluding steroid dienone is 1. The van der Waals surface area contributed by atoms with Crippen molar-refractivity contribution in [3.05, 3.63) is 174 Å². The maximum atomic E-state index is 2.46. The van der Waals surface area contributed by atoms with E-state index in [9.17, 15) is 0 Å². The van der Waals surface area contributed by atoms with Crippen LogP contribution in [0.4, 0.5) is 0 Å². The van der Waals surface area contributed by atoms with Crippen LogP contribution in [0.5, 0.6) is 0 Å². The van der Waals surface area contributed by atoms with E-state index in [1.807, 2.05) is 0 Å². The molecule has 0 fully saturated rings. The molecule has 0 atom stereocenters. The van der Waals surface area contributed by atoms with E-state index in [-0.39, 0.29) is 5.41 Å². The van der Waals surface area contributed by atoms with Crippen molar-refractivity contribution in [2.45, 2.75) is 32.1 Å². The molecule has 0 aliphatic heterocycles. The first-order chi connectivity index (χ1) is 25.0. The first-order valence-electron chi connectivity index (χ1n) is 18.3. The summed E-state index contributed by atoms with van der Waals surface area (Å²) in [4.78, 5) is 0. The second-order valence-electron chi connectivity index (χ2n) is 15.2. The fourth-order valence-corrected chi connectivity index (χ4v) is 9.46. The maximum absolute atomic E-state index is 2.46. The van der Waals surface area contributed by atoms with Gasteiger partial charge >= 0.3 is 0 Å². The van der Waals surface area contributed by atoms with E-state index in [2.05, 4.69) is 172 Å². The van der Waals surface area contributed by atoms with Gasteiger partial charge in [0.2, 0.25) is 0 Å². The highest BCUT2D eigenvalue weighted by Gasteiger charge is 2.36. The van der Waals surface area contributed by atoms with Crippen LogP contribution in [0.3, 0.4) is 0 Å². The normalized spacial score (nSPS) is 14.4. The molecular weight excluding hydrogens is 613 g/mol. The molecule has 0 heterocycles. The molecule has 8 aromatic carbocycles. The van der Waals surface area contributed by atoms with Gasteiger partial charge in [-0.2, -0.15) is 0 Å². The topological polar surface area (TPSA) is 0 Å². The summed E-state index contributed by atoms with van der Waals surface area (Å²) >= 11 is 0. The number of fused-ring (bicyclic) bond motifs is 8. The van der Waals surface area contributed by atoms with Gasteiger partial charge in [-0.25, -0.2) is 0 Å².